The van der Waals surface area contributed by atoms with E-state index in [1.807, 2.05) is 17.9 Å². The van der Waals surface area contributed by atoms with Crippen molar-refractivity contribution in [3.63, 3.8) is 0 Å². The number of nitrogens with zero attached hydrogens (tertiary/aromatic N) is 2. The zero-order chi connectivity index (χ0) is 10.8. The lowest BCUT2D eigenvalue weighted by molar-refractivity contribution is 0.159. The molecule has 1 saturated heterocycles. The number of aromatic nitrogens is 2. The van der Waals surface area contributed by atoms with Crippen LogP contribution in [0.3, 0.4) is 0 Å². The van der Waals surface area contributed by atoms with E-state index in [0.29, 0.717) is 11.5 Å². The first-order valence-corrected chi connectivity index (χ1v) is 6.10. The quantitative estimate of drug-likeness (QED) is 0.735. The van der Waals surface area contributed by atoms with Crippen LogP contribution >= 0.6 is 15.9 Å². The van der Waals surface area contributed by atoms with Gasteiger partial charge in [-0.15, -0.1) is 0 Å². The second-order valence-corrected chi connectivity index (χ2v) is 6.36. The molecule has 2 heterocycles. The number of halogens is 1. The summed E-state index contributed by atoms with van der Waals surface area (Å²) < 4.78 is 8.90. The molecule has 0 aromatic carbocycles. The highest BCUT2D eigenvalue weighted by Gasteiger charge is 2.67. The number of aryl methyl sites for hydroxylation is 1. The Bertz CT molecular complexity index is 407. The Hall–Kier alpha value is -0.350. The monoisotopic (exact) mass is 270 g/mol. The van der Waals surface area contributed by atoms with E-state index in [4.69, 9.17) is 4.74 Å². The zero-order valence-electron chi connectivity index (χ0n) is 9.25. The molecule has 3 rings (SSSR count). The average molecular weight is 271 g/mol. The van der Waals surface area contributed by atoms with Crippen molar-refractivity contribution in [1.29, 1.82) is 0 Å². The summed E-state index contributed by atoms with van der Waals surface area (Å²) in [4.78, 5) is 0. The standard InChI is InChI=1S/C11H15BrN2O/c1-10(2)4-8-11(6-10,15-8)9-7(12)5-13-14(9)3/h5,8H,4,6H2,1-3H3/t8-,11-/m0/s1. The first-order chi connectivity index (χ1) is 6.95. The van der Waals surface area contributed by atoms with E-state index in [1.165, 1.54) is 5.69 Å². The summed E-state index contributed by atoms with van der Waals surface area (Å²) in [6.07, 6.45) is 4.51. The van der Waals surface area contributed by atoms with Crippen LogP contribution in [-0.4, -0.2) is 15.9 Å². The highest BCUT2D eigenvalue weighted by Crippen LogP contribution is 2.64. The Morgan fingerprint density at radius 1 is 1.60 bits per heavy atom. The van der Waals surface area contributed by atoms with Crippen LogP contribution in [0.2, 0.25) is 0 Å². The molecule has 1 aromatic heterocycles. The Balaban J connectivity index is 2.04. The highest BCUT2D eigenvalue weighted by molar-refractivity contribution is 9.10. The molecule has 0 radical (unpaired) electrons. The van der Waals surface area contributed by atoms with Gasteiger partial charge in [-0.3, -0.25) is 4.68 Å². The Labute approximate surface area is 97.9 Å². The molecule has 1 aromatic rings. The van der Waals surface area contributed by atoms with Gasteiger partial charge in [-0.2, -0.15) is 5.10 Å². The van der Waals surface area contributed by atoms with Crippen molar-refractivity contribution >= 4 is 15.9 Å². The predicted octanol–water partition coefficient (Wildman–Crippen LogP) is 2.60. The maximum absolute atomic E-state index is 5.89. The highest BCUT2D eigenvalue weighted by atomic mass is 79.9. The van der Waals surface area contributed by atoms with E-state index in [1.54, 1.807) is 0 Å². The first-order valence-electron chi connectivity index (χ1n) is 5.30. The fourth-order valence-corrected chi connectivity index (χ4v) is 3.73. The molecule has 4 heteroatoms. The summed E-state index contributed by atoms with van der Waals surface area (Å²) >= 11 is 3.56. The largest absolute Gasteiger partial charge is 0.359 e. The minimum atomic E-state index is -0.0480. The number of rotatable bonds is 1. The second-order valence-electron chi connectivity index (χ2n) is 5.51. The van der Waals surface area contributed by atoms with Crippen LogP contribution in [0, 0.1) is 5.41 Å². The average Bonchev–Trinajstić information content (AvgIpc) is 2.48. The van der Waals surface area contributed by atoms with Gasteiger partial charge in [0.15, 0.2) is 0 Å². The van der Waals surface area contributed by atoms with E-state index in [2.05, 4.69) is 34.9 Å². The molecule has 0 bridgehead atoms. The second kappa shape index (κ2) is 2.66. The van der Waals surface area contributed by atoms with Crippen LogP contribution in [0.1, 0.15) is 32.4 Å². The minimum absolute atomic E-state index is 0.0480. The molecule has 2 aliphatic rings. The number of ether oxygens (including phenoxy) is 1. The molecule has 1 saturated carbocycles. The van der Waals surface area contributed by atoms with Crippen molar-refractivity contribution in [2.45, 2.75) is 38.4 Å². The van der Waals surface area contributed by atoms with Crippen LogP contribution in [-0.2, 0) is 17.4 Å². The van der Waals surface area contributed by atoms with Crippen molar-refractivity contribution in [3.05, 3.63) is 16.4 Å². The van der Waals surface area contributed by atoms with Gasteiger partial charge in [0, 0.05) is 7.05 Å². The summed E-state index contributed by atoms with van der Waals surface area (Å²) in [7, 11) is 1.99. The van der Waals surface area contributed by atoms with Gasteiger partial charge >= 0.3 is 0 Å². The number of fused-ring (bicyclic) bond motifs is 1. The number of hydrogen-bond acceptors (Lipinski definition) is 2. The fraction of sp³-hybridized carbons (Fsp3) is 0.727. The molecular formula is C11H15BrN2O. The molecular weight excluding hydrogens is 256 g/mol. The van der Waals surface area contributed by atoms with E-state index in [9.17, 15) is 0 Å². The van der Waals surface area contributed by atoms with Crippen molar-refractivity contribution in [2.75, 3.05) is 0 Å². The van der Waals surface area contributed by atoms with Crippen molar-refractivity contribution in [3.8, 4) is 0 Å². The summed E-state index contributed by atoms with van der Waals surface area (Å²) in [5, 5.41) is 4.27. The predicted molar refractivity (Wildman–Crippen MR) is 60.5 cm³/mol. The third kappa shape index (κ3) is 1.24. The van der Waals surface area contributed by atoms with E-state index < -0.39 is 0 Å². The molecule has 82 valence electrons. The Morgan fingerprint density at radius 2 is 2.33 bits per heavy atom. The van der Waals surface area contributed by atoms with Gasteiger partial charge < -0.3 is 4.74 Å². The van der Waals surface area contributed by atoms with Gasteiger partial charge in [0.2, 0.25) is 0 Å². The van der Waals surface area contributed by atoms with E-state index in [-0.39, 0.29) is 5.60 Å². The Morgan fingerprint density at radius 3 is 2.80 bits per heavy atom. The van der Waals surface area contributed by atoms with Crippen molar-refractivity contribution in [1.82, 2.24) is 9.78 Å². The number of epoxide rings is 1. The minimum Gasteiger partial charge on any atom is -0.359 e. The topological polar surface area (TPSA) is 30.4 Å². The summed E-state index contributed by atoms with van der Waals surface area (Å²) in [6, 6.07) is 0. The zero-order valence-corrected chi connectivity index (χ0v) is 10.8. The molecule has 2 fully saturated rings. The normalized spacial score (nSPS) is 36.7. The summed E-state index contributed by atoms with van der Waals surface area (Å²) in [6.45, 7) is 4.63. The fourth-order valence-electron chi connectivity index (χ4n) is 3.05. The molecule has 15 heavy (non-hydrogen) atoms. The lowest BCUT2D eigenvalue weighted by Crippen LogP contribution is -2.18. The molecule has 0 amide bonds. The number of hydrogen-bond donors (Lipinski definition) is 0. The SMILES string of the molecule is Cn1ncc(Br)c1[C@]12CC(C)(C)C[C@@H]1O2. The van der Waals surface area contributed by atoms with Gasteiger partial charge in [0.05, 0.1) is 22.5 Å². The Kier molecular flexibility index (Phi) is 1.75. The van der Waals surface area contributed by atoms with Crippen LogP contribution < -0.4 is 0 Å². The summed E-state index contributed by atoms with van der Waals surface area (Å²) in [5.74, 6) is 0. The molecule has 2 atom stereocenters. The summed E-state index contributed by atoms with van der Waals surface area (Å²) in [5.41, 5.74) is 1.55. The van der Waals surface area contributed by atoms with Crippen LogP contribution in [0.4, 0.5) is 0 Å². The third-order valence-corrected chi connectivity index (χ3v) is 4.17. The smallest absolute Gasteiger partial charge is 0.138 e. The van der Waals surface area contributed by atoms with Gasteiger partial charge in [0.1, 0.15) is 5.60 Å². The van der Waals surface area contributed by atoms with Gasteiger partial charge in [-0.05, 0) is 34.2 Å². The molecule has 1 aliphatic carbocycles. The van der Waals surface area contributed by atoms with Gasteiger partial charge in [-0.25, -0.2) is 0 Å². The third-order valence-electron chi connectivity index (χ3n) is 3.59. The van der Waals surface area contributed by atoms with Crippen LogP contribution in [0.15, 0.2) is 10.7 Å². The maximum Gasteiger partial charge on any atom is 0.138 e. The lowest BCUT2D eigenvalue weighted by atomic mass is 9.88. The van der Waals surface area contributed by atoms with Gasteiger partial charge in [-0.1, -0.05) is 13.8 Å². The van der Waals surface area contributed by atoms with Crippen LogP contribution in [0.25, 0.3) is 0 Å². The van der Waals surface area contributed by atoms with Crippen molar-refractivity contribution < 1.29 is 4.74 Å². The first kappa shape index (κ1) is 9.85. The molecule has 0 spiro atoms. The maximum atomic E-state index is 5.89. The molecule has 3 nitrogen and oxygen atoms in total. The molecule has 0 N–H and O–H groups in total. The van der Waals surface area contributed by atoms with E-state index in [0.717, 1.165) is 17.3 Å². The van der Waals surface area contributed by atoms with Crippen molar-refractivity contribution in [2.24, 2.45) is 12.5 Å². The van der Waals surface area contributed by atoms with Gasteiger partial charge in [0.25, 0.3) is 0 Å². The molecule has 1 aliphatic heterocycles. The van der Waals surface area contributed by atoms with E-state index >= 15 is 0 Å². The van der Waals surface area contributed by atoms with Crippen LogP contribution in [0.5, 0.6) is 0 Å². The molecule has 0 unspecified atom stereocenters. The lowest BCUT2D eigenvalue weighted by Gasteiger charge is -2.21.